The average Bonchev–Trinajstić information content (AvgIpc) is 2.69. The van der Waals surface area contributed by atoms with Crippen molar-refractivity contribution in [3.63, 3.8) is 0 Å². The third kappa shape index (κ3) is 4.32. The van der Waals surface area contributed by atoms with Crippen LogP contribution in [0.2, 0.25) is 5.02 Å². The van der Waals surface area contributed by atoms with Crippen LogP contribution in [-0.2, 0) is 0 Å². The summed E-state index contributed by atoms with van der Waals surface area (Å²) in [5.74, 6) is 2.37. The molecule has 0 radical (unpaired) electrons. The molecule has 0 amide bonds. The summed E-state index contributed by atoms with van der Waals surface area (Å²) in [6.07, 6.45) is 2.45. The minimum atomic E-state index is 0.682. The number of halogens is 2. The second-order valence-electron chi connectivity index (χ2n) is 7.67. The van der Waals surface area contributed by atoms with E-state index in [0.717, 1.165) is 39.1 Å². The van der Waals surface area contributed by atoms with Gasteiger partial charge in [-0.3, -0.25) is 0 Å². The number of hydrogen-bond acceptors (Lipinski definition) is 4. The molecule has 28 heavy (non-hydrogen) atoms. The van der Waals surface area contributed by atoms with E-state index in [2.05, 4.69) is 39.8 Å². The first-order valence-corrected chi connectivity index (χ1v) is 10.8. The summed E-state index contributed by atoms with van der Waals surface area (Å²) in [6, 6.07) is 14.0. The van der Waals surface area contributed by atoms with E-state index in [1.165, 1.54) is 25.9 Å². The molecule has 6 heteroatoms. The van der Waals surface area contributed by atoms with Crippen molar-refractivity contribution < 1.29 is 0 Å². The Kier molecular flexibility index (Phi) is 5.85. The highest BCUT2D eigenvalue weighted by Gasteiger charge is 2.20. The van der Waals surface area contributed by atoms with Crippen molar-refractivity contribution in [2.24, 2.45) is 5.92 Å². The maximum absolute atomic E-state index is 6.29. The van der Waals surface area contributed by atoms with Crippen molar-refractivity contribution in [1.82, 2.24) is 14.9 Å². The van der Waals surface area contributed by atoms with Gasteiger partial charge in [0.15, 0.2) is 5.82 Å². The molecule has 2 aromatic carbocycles. The lowest BCUT2D eigenvalue weighted by Gasteiger charge is -2.32. The quantitative estimate of drug-likeness (QED) is 0.516. The Morgan fingerprint density at radius 2 is 1.82 bits per heavy atom. The minimum absolute atomic E-state index is 0.682. The molecule has 1 fully saturated rings. The number of aromatic nitrogens is 2. The van der Waals surface area contributed by atoms with Gasteiger partial charge in [-0.1, -0.05) is 39.7 Å². The van der Waals surface area contributed by atoms with Gasteiger partial charge in [0.2, 0.25) is 0 Å². The first kappa shape index (κ1) is 19.6. The van der Waals surface area contributed by atoms with Crippen molar-refractivity contribution in [3.05, 3.63) is 52.0 Å². The number of likely N-dealkylation sites (tertiary alicyclic amines) is 1. The van der Waals surface area contributed by atoms with Gasteiger partial charge in [0.1, 0.15) is 5.82 Å². The van der Waals surface area contributed by atoms with Crippen LogP contribution in [0.4, 0.5) is 5.82 Å². The van der Waals surface area contributed by atoms with Crippen LogP contribution in [-0.4, -0.2) is 48.6 Å². The van der Waals surface area contributed by atoms with E-state index in [4.69, 9.17) is 21.6 Å². The van der Waals surface area contributed by atoms with Crippen LogP contribution in [0.3, 0.4) is 0 Å². The predicted molar refractivity (Wildman–Crippen MR) is 121 cm³/mol. The largest absolute Gasteiger partial charge is 0.359 e. The molecule has 2 heterocycles. The van der Waals surface area contributed by atoms with E-state index < -0.39 is 0 Å². The monoisotopic (exact) mass is 458 g/mol. The number of benzene rings is 2. The normalized spacial score (nSPS) is 15.9. The second-order valence-corrected chi connectivity index (χ2v) is 9.02. The van der Waals surface area contributed by atoms with Gasteiger partial charge in [-0.2, -0.15) is 0 Å². The van der Waals surface area contributed by atoms with Crippen LogP contribution in [0.25, 0.3) is 22.3 Å². The van der Waals surface area contributed by atoms with Crippen LogP contribution in [0.1, 0.15) is 12.8 Å². The highest BCUT2D eigenvalue weighted by Crippen LogP contribution is 2.31. The molecular formula is C22H24BrClN4. The van der Waals surface area contributed by atoms with Gasteiger partial charge in [0.05, 0.1) is 5.52 Å². The molecule has 0 bridgehead atoms. The zero-order valence-electron chi connectivity index (χ0n) is 16.2. The highest BCUT2D eigenvalue weighted by molar-refractivity contribution is 9.10. The van der Waals surface area contributed by atoms with Gasteiger partial charge in [-0.25, -0.2) is 9.97 Å². The molecular weight excluding hydrogens is 436 g/mol. The Balaban J connectivity index is 1.72. The lowest BCUT2D eigenvalue weighted by Crippen LogP contribution is -2.36. The molecule has 0 unspecified atom stereocenters. The third-order valence-corrected chi connectivity index (χ3v) is 6.24. The summed E-state index contributed by atoms with van der Waals surface area (Å²) in [7, 11) is 4.33. The molecule has 146 valence electrons. The summed E-state index contributed by atoms with van der Waals surface area (Å²) in [4.78, 5) is 14.4. The summed E-state index contributed by atoms with van der Waals surface area (Å²) in [6.45, 7) is 3.32. The Morgan fingerprint density at radius 3 is 2.54 bits per heavy atom. The fourth-order valence-corrected chi connectivity index (χ4v) is 4.26. The Labute approximate surface area is 179 Å². The second kappa shape index (κ2) is 8.36. The molecule has 3 aromatic rings. The van der Waals surface area contributed by atoms with Crippen molar-refractivity contribution in [2.45, 2.75) is 12.8 Å². The number of piperidine rings is 1. The fourth-order valence-electron chi connectivity index (χ4n) is 3.82. The lowest BCUT2D eigenvalue weighted by molar-refractivity contribution is 0.222. The zero-order valence-corrected chi connectivity index (χ0v) is 18.5. The molecule has 0 N–H and O–H groups in total. The van der Waals surface area contributed by atoms with E-state index in [1.807, 2.05) is 42.5 Å². The van der Waals surface area contributed by atoms with Gasteiger partial charge in [0.25, 0.3) is 0 Å². The molecule has 4 nitrogen and oxygen atoms in total. The number of rotatable bonds is 4. The van der Waals surface area contributed by atoms with Crippen molar-refractivity contribution in [2.75, 3.05) is 38.6 Å². The molecule has 0 aliphatic carbocycles. The van der Waals surface area contributed by atoms with Crippen LogP contribution >= 0.6 is 27.5 Å². The molecule has 1 saturated heterocycles. The zero-order chi connectivity index (χ0) is 19.7. The van der Waals surface area contributed by atoms with Gasteiger partial charge >= 0.3 is 0 Å². The van der Waals surface area contributed by atoms with Crippen LogP contribution in [0, 0.1) is 5.92 Å². The van der Waals surface area contributed by atoms with Crippen LogP contribution < -0.4 is 4.90 Å². The van der Waals surface area contributed by atoms with Gasteiger partial charge in [-0.05, 0) is 69.2 Å². The minimum Gasteiger partial charge on any atom is -0.359 e. The smallest absolute Gasteiger partial charge is 0.162 e. The molecule has 4 rings (SSSR count). The van der Waals surface area contributed by atoms with Crippen molar-refractivity contribution >= 4 is 44.3 Å². The van der Waals surface area contributed by atoms with Crippen molar-refractivity contribution in [3.8, 4) is 11.4 Å². The van der Waals surface area contributed by atoms with Gasteiger partial charge in [-0.15, -0.1) is 0 Å². The molecule has 1 aromatic heterocycles. The Bertz CT molecular complexity index is 968. The third-order valence-electron chi connectivity index (χ3n) is 5.47. The van der Waals surface area contributed by atoms with Gasteiger partial charge < -0.3 is 9.80 Å². The summed E-state index contributed by atoms with van der Waals surface area (Å²) >= 11 is 9.79. The number of hydrogen-bond donors (Lipinski definition) is 0. The SMILES string of the molecule is CN1CCC(CN(C)c2nc(-c3ccc(Br)cc3)nc3ccc(Cl)cc23)CC1. The Hall–Kier alpha value is -1.69. The maximum atomic E-state index is 6.29. The van der Waals surface area contributed by atoms with Gasteiger partial charge in [0, 0.05) is 34.0 Å². The molecule has 1 aliphatic rings. The fraction of sp³-hybridized carbons (Fsp3) is 0.364. The first-order valence-electron chi connectivity index (χ1n) is 9.62. The predicted octanol–water partition coefficient (Wildman–Crippen LogP) is 5.49. The van der Waals surface area contributed by atoms with E-state index in [1.54, 1.807) is 0 Å². The summed E-state index contributed by atoms with van der Waals surface area (Å²) in [5.41, 5.74) is 1.93. The maximum Gasteiger partial charge on any atom is 0.162 e. The first-order chi connectivity index (χ1) is 13.5. The standard InChI is InChI=1S/C22H24BrClN4/c1-27-11-9-15(10-12-27)14-28(2)22-19-13-18(24)7-8-20(19)25-21(26-22)16-3-5-17(23)6-4-16/h3-8,13,15H,9-12,14H2,1-2H3. The van der Waals surface area contributed by atoms with Crippen LogP contribution in [0.15, 0.2) is 46.9 Å². The van der Waals surface area contributed by atoms with E-state index in [9.17, 15) is 0 Å². The number of nitrogens with zero attached hydrogens (tertiary/aromatic N) is 4. The summed E-state index contributed by atoms with van der Waals surface area (Å²) in [5, 5.41) is 1.71. The molecule has 0 saturated carbocycles. The number of fused-ring (bicyclic) bond motifs is 1. The topological polar surface area (TPSA) is 32.3 Å². The molecule has 0 spiro atoms. The summed E-state index contributed by atoms with van der Waals surface area (Å²) < 4.78 is 1.04. The molecule has 1 aliphatic heterocycles. The number of anilines is 1. The highest BCUT2D eigenvalue weighted by atomic mass is 79.9. The van der Waals surface area contributed by atoms with E-state index in [0.29, 0.717) is 10.9 Å². The van der Waals surface area contributed by atoms with E-state index in [-0.39, 0.29) is 0 Å². The van der Waals surface area contributed by atoms with Crippen LogP contribution in [0.5, 0.6) is 0 Å². The molecule has 0 atom stereocenters. The average molecular weight is 460 g/mol. The lowest BCUT2D eigenvalue weighted by atomic mass is 9.96. The van der Waals surface area contributed by atoms with E-state index >= 15 is 0 Å². The van der Waals surface area contributed by atoms with Crippen molar-refractivity contribution in [1.29, 1.82) is 0 Å². The Morgan fingerprint density at radius 1 is 1.11 bits per heavy atom.